The molecule has 0 aliphatic carbocycles. The molecular formula is C24H28FN5O2S. The molecule has 0 bridgehead atoms. The zero-order valence-corrected chi connectivity index (χ0v) is 19.3. The van der Waals surface area contributed by atoms with Crippen LogP contribution in [0.5, 0.6) is 0 Å². The van der Waals surface area contributed by atoms with Crippen molar-refractivity contribution in [1.29, 1.82) is 0 Å². The first-order valence-electron chi connectivity index (χ1n) is 11.5. The number of likely N-dealkylation sites (tertiary alicyclic amines) is 1. The van der Waals surface area contributed by atoms with Gasteiger partial charge in [-0.25, -0.2) is 14.1 Å². The molecule has 0 saturated carbocycles. The van der Waals surface area contributed by atoms with Gasteiger partial charge >= 0.3 is 0 Å². The van der Waals surface area contributed by atoms with Crippen LogP contribution in [0.1, 0.15) is 29.9 Å². The molecule has 2 saturated heterocycles. The maximum absolute atomic E-state index is 13.9. The number of hydrogen-bond acceptors (Lipinski definition) is 6. The van der Waals surface area contributed by atoms with E-state index in [1.54, 1.807) is 16.8 Å². The number of carbonyl (C=O) groups excluding carboxylic acids is 1. The zero-order chi connectivity index (χ0) is 22.6. The van der Waals surface area contributed by atoms with Crippen LogP contribution in [0.25, 0.3) is 16.4 Å². The van der Waals surface area contributed by atoms with Gasteiger partial charge in [0, 0.05) is 26.2 Å². The van der Waals surface area contributed by atoms with Gasteiger partial charge in [-0.3, -0.25) is 9.69 Å². The molecule has 2 aliphatic rings. The molecule has 1 amide bonds. The summed E-state index contributed by atoms with van der Waals surface area (Å²) in [4.78, 5) is 23.0. The Bertz CT molecular complexity index is 1070. The molecule has 0 radical (unpaired) electrons. The molecule has 0 spiro atoms. The van der Waals surface area contributed by atoms with E-state index < -0.39 is 0 Å². The van der Waals surface area contributed by atoms with Gasteiger partial charge < -0.3 is 9.64 Å². The predicted octanol–water partition coefficient (Wildman–Crippen LogP) is 3.71. The van der Waals surface area contributed by atoms with E-state index in [0.717, 1.165) is 70.1 Å². The lowest BCUT2D eigenvalue weighted by molar-refractivity contribution is 0.0331. The molecule has 2 aromatic heterocycles. The SMILES string of the molecule is O=C(c1nc(-c2cccs2)n(-c2cccc(F)c2)n1)N1CCC(CCN2CCOCC2)CC1. The Morgan fingerprint density at radius 3 is 2.67 bits per heavy atom. The van der Waals surface area contributed by atoms with E-state index in [4.69, 9.17) is 4.74 Å². The highest BCUT2D eigenvalue weighted by Gasteiger charge is 2.28. The highest BCUT2D eigenvalue weighted by Crippen LogP contribution is 2.27. The minimum absolute atomic E-state index is 0.158. The molecule has 2 fully saturated rings. The number of halogens is 1. The number of amides is 1. The van der Waals surface area contributed by atoms with Crippen molar-refractivity contribution in [3.63, 3.8) is 0 Å². The minimum atomic E-state index is -0.354. The molecule has 3 aromatic rings. The van der Waals surface area contributed by atoms with Crippen molar-refractivity contribution in [3.05, 3.63) is 53.4 Å². The van der Waals surface area contributed by atoms with Crippen molar-refractivity contribution in [2.75, 3.05) is 45.9 Å². The van der Waals surface area contributed by atoms with E-state index in [1.807, 2.05) is 22.4 Å². The molecule has 5 rings (SSSR count). The van der Waals surface area contributed by atoms with Gasteiger partial charge in [-0.2, -0.15) is 0 Å². The predicted molar refractivity (Wildman–Crippen MR) is 125 cm³/mol. The molecule has 0 N–H and O–H groups in total. The van der Waals surface area contributed by atoms with Crippen LogP contribution in [0, 0.1) is 11.7 Å². The monoisotopic (exact) mass is 469 g/mol. The second-order valence-corrected chi connectivity index (χ2v) is 9.55. The molecule has 174 valence electrons. The number of carbonyl (C=O) groups is 1. The number of ether oxygens (including phenoxy) is 1. The number of morpholine rings is 1. The molecule has 2 aliphatic heterocycles. The summed E-state index contributed by atoms with van der Waals surface area (Å²) in [5.74, 6) is 0.840. The molecule has 1 aromatic carbocycles. The van der Waals surface area contributed by atoms with E-state index in [1.165, 1.54) is 23.5 Å². The fraction of sp³-hybridized carbons (Fsp3) is 0.458. The Labute approximate surface area is 196 Å². The summed E-state index contributed by atoms with van der Waals surface area (Å²) in [7, 11) is 0. The lowest BCUT2D eigenvalue weighted by Crippen LogP contribution is -2.41. The van der Waals surface area contributed by atoms with Gasteiger partial charge in [-0.15, -0.1) is 16.4 Å². The number of hydrogen-bond donors (Lipinski definition) is 0. The third-order valence-corrected chi connectivity index (χ3v) is 7.32. The summed E-state index contributed by atoms with van der Waals surface area (Å²) in [6.45, 7) is 6.23. The minimum Gasteiger partial charge on any atom is -0.379 e. The van der Waals surface area contributed by atoms with E-state index in [2.05, 4.69) is 15.0 Å². The van der Waals surface area contributed by atoms with Gasteiger partial charge in [0.25, 0.3) is 5.91 Å². The highest BCUT2D eigenvalue weighted by molar-refractivity contribution is 7.13. The summed E-state index contributed by atoms with van der Waals surface area (Å²) in [6, 6.07) is 10.0. The van der Waals surface area contributed by atoms with Crippen LogP contribution in [0.4, 0.5) is 4.39 Å². The molecule has 9 heteroatoms. The van der Waals surface area contributed by atoms with Gasteiger partial charge in [-0.1, -0.05) is 12.1 Å². The number of nitrogens with zero attached hydrogens (tertiary/aromatic N) is 5. The molecule has 33 heavy (non-hydrogen) atoms. The quantitative estimate of drug-likeness (QED) is 0.551. The summed E-state index contributed by atoms with van der Waals surface area (Å²) < 4.78 is 20.8. The van der Waals surface area contributed by atoms with E-state index in [0.29, 0.717) is 17.4 Å². The summed E-state index contributed by atoms with van der Waals surface area (Å²) >= 11 is 1.51. The van der Waals surface area contributed by atoms with Crippen molar-refractivity contribution < 1.29 is 13.9 Å². The third-order valence-electron chi connectivity index (χ3n) is 6.45. The molecule has 0 unspecified atom stereocenters. The first kappa shape index (κ1) is 22.2. The maximum Gasteiger partial charge on any atom is 0.293 e. The zero-order valence-electron chi connectivity index (χ0n) is 18.5. The Balaban J connectivity index is 1.27. The molecule has 0 atom stereocenters. The number of thiophene rings is 1. The molecule has 4 heterocycles. The highest BCUT2D eigenvalue weighted by atomic mass is 32.1. The van der Waals surface area contributed by atoms with Gasteiger partial charge in [0.1, 0.15) is 5.82 Å². The number of aromatic nitrogens is 3. The van der Waals surface area contributed by atoms with Gasteiger partial charge in [0.05, 0.1) is 23.8 Å². The Hall–Kier alpha value is -2.62. The fourth-order valence-corrected chi connectivity index (χ4v) is 5.21. The molecule has 7 nitrogen and oxygen atoms in total. The average molecular weight is 470 g/mol. The van der Waals surface area contributed by atoms with Crippen LogP contribution in [-0.2, 0) is 4.74 Å². The number of piperidine rings is 1. The lowest BCUT2D eigenvalue weighted by atomic mass is 9.93. The van der Waals surface area contributed by atoms with E-state index >= 15 is 0 Å². The van der Waals surface area contributed by atoms with Crippen LogP contribution in [0.15, 0.2) is 41.8 Å². The first-order valence-corrected chi connectivity index (χ1v) is 12.4. The first-order chi connectivity index (χ1) is 16.2. The summed E-state index contributed by atoms with van der Waals surface area (Å²) in [5.41, 5.74) is 0.548. The van der Waals surface area contributed by atoms with Crippen molar-refractivity contribution in [2.24, 2.45) is 5.92 Å². The van der Waals surface area contributed by atoms with Crippen molar-refractivity contribution >= 4 is 17.2 Å². The summed E-state index contributed by atoms with van der Waals surface area (Å²) in [5, 5.41) is 6.45. The van der Waals surface area contributed by atoms with Crippen LogP contribution < -0.4 is 0 Å². The number of benzene rings is 1. The normalized spacial score (nSPS) is 18.0. The number of rotatable bonds is 6. The van der Waals surface area contributed by atoms with Crippen LogP contribution in [-0.4, -0.2) is 76.4 Å². The second kappa shape index (κ2) is 10.1. The second-order valence-electron chi connectivity index (χ2n) is 8.61. The standard InChI is InChI=1S/C24H28FN5O2S/c25-19-3-1-4-20(17-19)30-23(21-5-2-16-33-21)26-22(27-30)24(31)29-10-7-18(8-11-29)6-9-28-12-14-32-15-13-28/h1-5,16-18H,6-15H2. The average Bonchev–Trinajstić information content (AvgIpc) is 3.54. The largest absolute Gasteiger partial charge is 0.379 e. The van der Waals surface area contributed by atoms with Gasteiger partial charge in [0.15, 0.2) is 5.82 Å². The maximum atomic E-state index is 13.9. The topological polar surface area (TPSA) is 63.5 Å². The van der Waals surface area contributed by atoms with Crippen molar-refractivity contribution in [1.82, 2.24) is 24.6 Å². The van der Waals surface area contributed by atoms with Crippen LogP contribution >= 0.6 is 11.3 Å². The van der Waals surface area contributed by atoms with Crippen LogP contribution in [0.3, 0.4) is 0 Å². The van der Waals surface area contributed by atoms with Gasteiger partial charge in [-0.05, 0) is 61.4 Å². The Morgan fingerprint density at radius 2 is 1.94 bits per heavy atom. The van der Waals surface area contributed by atoms with Crippen molar-refractivity contribution in [3.8, 4) is 16.4 Å². The van der Waals surface area contributed by atoms with Gasteiger partial charge in [0.2, 0.25) is 5.82 Å². The third kappa shape index (κ3) is 5.15. The Morgan fingerprint density at radius 1 is 1.12 bits per heavy atom. The van der Waals surface area contributed by atoms with Crippen LogP contribution in [0.2, 0.25) is 0 Å². The Kier molecular flexibility index (Phi) is 6.80. The molecular weight excluding hydrogens is 441 g/mol. The smallest absolute Gasteiger partial charge is 0.293 e. The summed E-state index contributed by atoms with van der Waals surface area (Å²) in [6.07, 6.45) is 3.16. The lowest BCUT2D eigenvalue weighted by Gasteiger charge is -2.33. The fourth-order valence-electron chi connectivity index (χ4n) is 4.51. The van der Waals surface area contributed by atoms with E-state index in [-0.39, 0.29) is 17.5 Å². The van der Waals surface area contributed by atoms with E-state index in [9.17, 15) is 9.18 Å². The van der Waals surface area contributed by atoms with Crippen molar-refractivity contribution in [2.45, 2.75) is 19.3 Å².